The first kappa shape index (κ1) is 44.9. The first-order chi connectivity index (χ1) is 34.3. The van der Waals surface area contributed by atoms with Crippen molar-refractivity contribution in [2.75, 3.05) is 14.7 Å². The smallest absolute Gasteiger partial charge is 0.252 e. The predicted octanol–water partition coefficient (Wildman–Crippen LogP) is 16.9. The minimum absolute atomic E-state index is 0.0194. The number of aryl methyl sites for hydroxylation is 1. The lowest BCUT2D eigenvalue weighted by Gasteiger charge is -2.53. The number of hydrogen-bond donors (Lipinski definition) is 0. The van der Waals surface area contributed by atoms with Gasteiger partial charge in [0.25, 0.3) is 6.71 Å². The molecule has 3 aliphatic carbocycles. The highest BCUT2D eigenvalue weighted by Crippen LogP contribution is 2.62. The largest absolute Gasteiger partial charge is 0.335 e. The molecule has 362 valence electrons. The fourth-order valence-electron chi connectivity index (χ4n) is 15.6. The number of hydrogen-bond acceptors (Lipinski definition) is 4. The van der Waals surface area contributed by atoms with Gasteiger partial charge in [-0.3, -0.25) is 0 Å². The molecule has 0 spiro atoms. The number of fused-ring (bicyclic) bond motifs is 12. The highest BCUT2D eigenvalue weighted by Gasteiger charge is 2.61. The van der Waals surface area contributed by atoms with Crippen molar-refractivity contribution >= 4 is 100 Å². The van der Waals surface area contributed by atoms with Crippen LogP contribution < -0.4 is 31.1 Å². The van der Waals surface area contributed by atoms with Gasteiger partial charge >= 0.3 is 0 Å². The molecule has 0 saturated heterocycles. The van der Waals surface area contributed by atoms with Crippen molar-refractivity contribution in [2.24, 2.45) is 0 Å². The highest BCUT2D eigenvalue weighted by atomic mass is 32.1. The van der Waals surface area contributed by atoms with Crippen LogP contribution in [0.3, 0.4) is 0 Å². The van der Waals surface area contributed by atoms with Gasteiger partial charge in [0.2, 0.25) is 0 Å². The van der Waals surface area contributed by atoms with Gasteiger partial charge in [-0.2, -0.15) is 0 Å². The van der Waals surface area contributed by atoms with E-state index < -0.39 is 0 Å². The Balaban J connectivity index is 1.06. The molecule has 4 heterocycles. The third-order valence-corrected chi connectivity index (χ3v) is 21.4. The molecule has 0 radical (unpaired) electrons. The second kappa shape index (κ2) is 14.7. The summed E-state index contributed by atoms with van der Waals surface area (Å²) in [7, 11) is 0. The topological polar surface area (TPSA) is 9.72 Å². The third-order valence-electron chi connectivity index (χ3n) is 20.2. The molecule has 5 heteroatoms. The minimum atomic E-state index is -0.0194. The lowest BCUT2D eigenvalue weighted by Crippen LogP contribution is -2.64. The van der Waals surface area contributed by atoms with E-state index in [4.69, 9.17) is 0 Å². The maximum atomic E-state index is 2.87. The summed E-state index contributed by atoms with van der Waals surface area (Å²) in [5.41, 5.74) is 24.0. The Morgan fingerprint density at radius 3 is 1.75 bits per heavy atom. The Morgan fingerprint density at radius 2 is 1.06 bits per heavy atom. The van der Waals surface area contributed by atoms with E-state index in [1.54, 1.807) is 5.56 Å². The molecule has 6 aliphatic rings. The number of rotatable bonds is 4. The average molecular weight is 960 g/mol. The van der Waals surface area contributed by atoms with E-state index >= 15 is 0 Å². The van der Waals surface area contributed by atoms with Crippen LogP contribution in [-0.2, 0) is 27.1 Å². The lowest BCUT2D eigenvalue weighted by molar-refractivity contribution is 0.195. The van der Waals surface area contributed by atoms with Crippen LogP contribution in [0.1, 0.15) is 154 Å². The summed E-state index contributed by atoms with van der Waals surface area (Å²) in [4.78, 5) is 8.21. The normalized spacial score (nSPS) is 23.2. The van der Waals surface area contributed by atoms with Crippen LogP contribution in [0.2, 0.25) is 0 Å². The molecule has 2 unspecified atom stereocenters. The van der Waals surface area contributed by atoms with Gasteiger partial charge in [-0.15, -0.1) is 11.3 Å². The van der Waals surface area contributed by atoms with Gasteiger partial charge in [0.05, 0.1) is 15.9 Å². The monoisotopic (exact) mass is 960 g/mol. The second-order valence-electron chi connectivity index (χ2n) is 26.2. The van der Waals surface area contributed by atoms with Crippen molar-refractivity contribution in [2.45, 2.75) is 160 Å². The van der Waals surface area contributed by atoms with Crippen LogP contribution in [0.25, 0.3) is 20.2 Å². The molecule has 72 heavy (non-hydrogen) atoms. The molecule has 8 aromatic rings. The Morgan fingerprint density at radius 1 is 0.472 bits per heavy atom. The van der Waals surface area contributed by atoms with Gasteiger partial charge in [0, 0.05) is 60.7 Å². The molecule has 3 nitrogen and oxygen atoms in total. The first-order valence-corrected chi connectivity index (χ1v) is 28.2. The van der Waals surface area contributed by atoms with Gasteiger partial charge < -0.3 is 14.7 Å². The standard InChI is InChI=1S/C67H70BN3S/c1-41-36-56-59-57(37-41)71-60-49(66(10)30-14-15-31-67(66,71)11)20-17-21-53(60)68(59)52-29-26-44(40-55(52)70(56)54-22-16-19-46-45-18-12-13-23-58(45)72-61(46)54)69(42-24-27-47-50(38-42)64(6,7)34-32-62(47,2)3)43-25-28-48-51(39-43)65(8,9)35-33-63(48,4)5/h12-13,16-29,36-40H,14-15,30-35H2,1-11H3. The summed E-state index contributed by atoms with van der Waals surface area (Å²) in [6.45, 7) is 27.3. The van der Waals surface area contributed by atoms with Crippen molar-refractivity contribution < 1.29 is 0 Å². The van der Waals surface area contributed by atoms with E-state index in [-0.39, 0.29) is 39.3 Å². The van der Waals surface area contributed by atoms with Gasteiger partial charge in [-0.1, -0.05) is 142 Å². The zero-order chi connectivity index (χ0) is 49.6. The minimum Gasteiger partial charge on any atom is -0.335 e. The molecule has 1 saturated carbocycles. The van der Waals surface area contributed by atoms with E-state index in [0.717, 1.165) is 0 Å². The zero-order valence-corrected chi connectivity index (χ0v) is 45.4. The van der Waals surface area contributed by atoms with Gasteiger partial charge in [0.15, 0.2) is 0 Å². The molecule has 0 N–H and O–H groups in total. The number of benzene rings is 7. The van der Waals surface area contributed by atoms with E-state index in [1.807, 2.05) is 11.3 Å². The van der Waals surface area contributed by atoms with Crippen molar-refractivity contribution in [3.63, 3.8) is 0 Å². The van der Waals surface area contributed by atoms with E-state index in [9.17, 15) is 0 Å². The summed E-state index contributed by atoms with van der Waals surface area (Å²) < 4.78 is 2.67. The van der Waals surface area contributed by atoms with Crippen LogP contribution in [0.15, 0.2) is 127 Å². The van der Waals surface area contributed by atoms with Gasteiger partial charge in [-0.05, 0) is 184 Å². The van der Waals surface area contributed by atoms with Crippen LogP contribution in [0.5, 0.6) is 0 Å². The highest BCUT2D eigenvalue weighted by molar-refractivity contribution is 7.26. The van der Waals surface area contributed by atoms with E-state index in [1.165, 1.54) is 161 Å². The fourth-order valence-corrected chi connectivity index (χ4v) is 16.8. The van der Waals surface area contributed by atoms with Crippen LogP contribution in [0, 0.1) is 6.92 Å². The molecule has 14 rings (SSSR count). The quantitative estimate of drug-likeness (QED) is 0.163. The van der Waals surface area contributed by atoms with Crippen LogP contribution in [0.4, 0.5) is 45.5 Å². The lowest BCUT2D eigenvalue weighted by atomic mass is 9.33. The Labute approximate surface area is 433 Å². The molecule has 0 amide bonds. The Hall–Kier alpha value is -5.78. The van der Waals surface area contributed by atoms with Crippen molar-refractivity contribution in [3.05, 3.63) is 161 Å². The summed E-state index contributed by atoms with van der Waals surface area (Å²) >= 11 is 1.94. The summed E-state index contributed by atoms with van der Waals surface area (Å²) in [5.74, 6) is 0. The first-order valence-electron chi connectivity index (χ1n) is 27.3. The molecule has 1 fully saturated rings. The van der Waals surface area contributed by atoms with Crippen molar-refractivity contribution in [1.82, 2.24) is 0 Å². The SMILES string of the molecule is Cc1cc2c3c(c1)N1c4c(cccc4C4(C)CCCCC14C)B3c1ccc(N(c3ccc4c(c3)C(C)(C)CCC4(C)C)c3ccc4c(c3)C(C)(C)CCC4(C)C)cc1N2c1cccc2c1sc1ccccc12. The Kier molecular flexibility index (Phi) is 9.17. The summed E-state index contributed by atoms with van der Waals surface area (Å²) in [6, 6.07) is 51.2. The molecular weight excluding hydrogens is 890 g/mol. The Bertz CT molecular complexity index is 3570. The second-order valence-corrected chi connectivity index (χ2v) is 27.3. The molecule has 0 bridgehead atoms. The number of nitrogens with zero attached hydrogens (tertiary/aromatic N) is 3. The predicted molar refractivity (Wildman–Crippen MR) is 311 cm³/mol. The summed E-state index contributed by atoms with van der Waals surface area (Å²) in [5, 5.41) is 2.66. The van der Waals surface area contributed by atoms with Crippen LogP contribution in [-0.4, -0.2) is 12.3 Å². The van der Waals surface area contributed by atoms with Gasteiger partial charge in [0.1, 0.15) is 0 Å². The maximum Gasteiger partial charge on any atom is 0.252 e. The van der Waals surface area contributed by atoms with Crippen molar-refractivity contribution in [3.8, 4) is 0 Å². The molecule has 2 atom stereocenters. The average Bonchev–Trinajstić information content (AvgIpc) is 3.84. The molecule has 1 aromatic heterocycles. The van der Waals surface area contributed by atoms with E-state index in [0.29, 0.717) is 0 Å². The fraction of sp³-hybridized carbons (Fsp3) is 0.373. The number of anilines is 8. The maximum absolute atomic E-state index is 2.87. The zero-order valence-electron chi connectivity index (χ0n) is 44.6. The molecular formula is C67H70BN3S. The third kappa shape index (κ3) is 5.92. The molecule has 7 aromatic carbocycles. The van der Waals surface area contributed by atoms with E-state index in [2.05, 4.69) is 218 Å². The van der Waals surface area contributed by atoms with Crippen molar-refractivity contribution in [1.29, 1.82) is 0 Å². The van der Waals surface area contributed by atoms with Gasteiger partial charge in [-0.25, -0.2) is 0 Å². The number of para-hydroxylation sites is 1. The molecule has 3 aliphatic heterocycles. The van der Waals surface area contributed by atoms with Crippen LogP contribution >= 0.6 is 11.3 Å². The number of thiophene rings is 1. The summed E-state index contributed by atoms with van der Waals surface area (Å²) in [6.07, 6.45) is 9.72.